The van der Waals surface area contributed by atoms with E-state index in [1.165, 1.54) is 0 Å². The van der Waals surface area contributed by atoms with Crippen LogP contribution < -0.4 is 5.32 Å². The highest BCUT2D eigenvalue weighted by Crippen LogP contribution is 2.24. The summed E-state index contributed by atoms with van der Waals surface area (Å²) in [5.74, 6) is 0.856. The lowest BCUT2D eigenvalue weighted by atomic mass is 10.1. The lowest BCUT2D eigenvalue weighted by Gasteiger charge is -2.17. The van der Waals surface area contributed by atoms with E-state index in [2.05, 4.69) is 5.32 Å². The van der Waals surface area contributed by atoms with E-state index < -0.39 is 0 Å². The Morgan fingerprint density at radius 3 is 2.65 bits per heavy atom. The smallest absolute Gasteiger partial charge is 0.224 e. The second-order valence-electron chi connectivity index (χ2n) is 6.03. The van der Waals surface area contributed by atoms with Crippen molar-refractivity contribution >= 4 is 11.8 Å². The zero-order valence-corrected chi connectivity index (χ0v) is 12.1. The van der Waals surface area contributed by atoms with Crippen LogP contribution in [0.1, 0.15) is 44.9 Å². The van der Waals surface area contributed by atoms with E-state index in [1.54, 1.807) is 0 Å². The minimum atomic E-state index is 0.120. The molecule has 0 spiro atoms. The summed E-state index contributed by atoms with van der Waals surface area (Å²) in [4.78, 5) is 25.7. The molecule has 0 bridgehead atoms. The minimum absolute atomic E-state index is 0.120. The van der Waals surface area contributed by atoms with Crippen LogP contribution >= 0.6 is 0 Å². The van der Waals surface area contributed by atoms with Crippen LogP contribution in [0.5, 0.6) is 0 Å². The molecule has 20 heavy (non-hydrogen) atoms. The summed E-state index contributed by atoms with van der Waals surface area (Å²) in [5.41, 5.74) is 0. The number of carbonyl (C=O) groups is 2. The van der Waals surface area contributed by atoms with E-state index in [-0.39, 0.29) is 24.3 Å². The Hall–Kier alpha value is -1.10. The molecule has 1 heterocycles. The van der Waals surface area contributed by atoms with E-state index in [9.17, 15) is 9.59 Å². The molecule has 1 aliphatic heterocycles. The number of aliphatic hydroxyl groups excluding tert-OH is 1. The molecule has 5 heteroatoms. The summed E-state index contributed by atoms with van der Waals surface area (Å²) < 4.78 is 0. The zero-order chi connectivity index (χ0) is 14.4. The summed E-state index contributed by atoms with van der Waals surface area (Å²) in [7, 11) is 0. The third-order valence-corrected chi connectivity index (χ3v) is 4.54. The van der Waals surface area contributed by atoms with Crippen LogP contribution in [0.3, 0.4) is 0 Å². The van der Waals surface area contributed by atoms with Crippen molar-refractivity contribution in [2.75, 3.05) is 26.2 Å². The molecule has 1 unspecified atom stereocenters. The fourth-order valence-electron chi connectivity index (χ4n) is 3.26. The highest BCUT2D eigenvalue weighted by atomic mass is 16.3. The Balaban J connectivity index is 1.61. The average Bonchev–Trinajstić information content (AvgIpc) is 3.10. The zero-order valence-electron chi connectivity index (χ0n) is 12.1. The lowest BCUT2D eigenvalue weighted by molar-refractivity contribution is -0.130. The number of likely N-dealkylation sites (tertiary alicyclic amines) is 1. The molecule has 0 aromatic rings. The number of carbonyl (C=O) groups excluding carboxylic acids is 2. The fraction of sp³-hybridized carbons (Fsp3) is 0.867. The number of nitrogens with one attached hydrogen (secondary N) is 1. The normalized spacial score (nSPS) is 23.2. The summed E-state index contributed by atoms with van der Waals surface area (Å²) in [6, 6.07) is 0. The number of hydrogen-bond acceptors (Lipinski definition) is 3. The van der Waals surface area contributed by atoms with Crippen LogP contribution in [-0.4, -0.2) is 48.1 Å². The highest BCUT2D eigenvalue weighted by molar-refractivity contribution is 5.80. The van der Waals surface area contributed by atoms with Gasteiger partial charge in [0.2, 0.25) is 11.8 Å². The number of nitrogens with zero attached hydrogens (tertiary/aromatic N) is 1. The fourth-order valence-corrected chi connectivity index (χ4v) is 3.26. The van der Waals surface area contributed by atoms with E-state index >= 15 is 0 Å². The van der Waals surface area contributed by atoms with Crippen molar-refractivity contribution < 1.29 is 14.7 Å². The first-order chi connectivity index (χ1) is 9.70. The van der Waals surface area contributed by atoms with Crippen LogP contribution in [0.25, 0.3) is 0 Å². The van der Waals surface area contributed by atoms with Gasteiger partial charge in [0.25, 0.3) is 0 Å². The first-order valence-electron chi connectivity index (χ1n) is 7.87. The van der Waals surface area contributed by atoms with Crippen molar-refractivity contribution in [3.63, 3.8) is 0 Å². The van der Waals surface area contributed by atoms with Crippen LogP contribution in [0.4, 0.5) is 0 Å². The number of amides is 2. The Morgan fingerprint density at radius 2 is 1.95 bits per heavy atom. The molecular formula is C15H26N2O3. The van der Waals surface area contributed by atoms with Gasteiger partial charge in [0.15, 0.2) is 0 Å². The molecule has 1 saturated carbocycles. The molecule has 0 aromatic carbocycles. The molecule has 0 aromatic heterocycles. The Bertz CT molecular complexity index is 340. The van der Waals surface area contributed by atoms with Crippen molar-refractivity contribution in [2.24, 2.45) is 11.8 Å². The molecule has 2 N–H and O–H groups in total. The largest absolute Gasteiger partial charge is 0.396 e. The van der Waals surface area contributed by atoms with E-state index in [1.807, 2.05) is 4.90 Å². The Kier molecular flexibility index (Phi) is 5.83. The minimum Gasteiger partial charge on any atom is -0.396 e. The third-order valence-electron chi connectivity index (χ3n) is 4.54. The van der Waals surface area contributed by atoms with Crippen LogP contribution in [0.15, 0.2) is 0 Å². The number of aliphatic hydroxyl groups is 1. The van der Waals surface area contributed by atoms with Gasteiger partial charge in [-0.2, -0.15) is 0 Å². The molecule has 1 aliphatic carbocycles. The van der Waals surface area contributed by atoms with Gasteiger partial charge >= 0.3 is 0 Å². The molecule has 5 nitrogen and oxygen atoms in total. The van der Waals surface area contributed by atoms with Crippen molar-refractivity contribution in [3.8, 4) is 0 Å². The molecule has 1 saturated heterocycles. The third kappa shape index (κ3) is 4.20. The van der Waals surface area contributed by atoms with Gasteiger partial charge in [-0.1, -0.05) is 12.8 Å². The molecule has 2 fully saturated rings. The summed E-state index contributed by atoms with van der Waals surface area (Å²) in [6.45, 7) is 2.20. The van der Waals surface area contributed by atoms with Crippen molar-refractivity contribution in [1.82, 2.24) is 10.2 Å². The van der Waals surface area contributed by atoms with Gasteiger partial charge in [0, 0.05) is 38.6 Å². The monoisotopic (exact) mass is 282 g/mol. The maximum absolute atomic E-state index is 12.0. The van der Waals surface area contributed by atoms with Gasteiger partial charge in [-0.3, -0.25) is 9.59 Å². The summed E-state index contributed by atoms with van der Waals surface area (Å²) >= 11 is 0. The van der Waals surface area contributed by atoms with E-state index in [0.29, 0.717) is 18.9 Å². The van der Waals surface area contributed by atoms with Crippen LogP contribution in [0, 0.1) is 11.8 Å². The molecule has 2 aliphatic rings. The lowest BCUT2D eigenvalue weighted by Crippen LogP contribution is -2.35. The Morgan fingerprint density at radius 1 is 1.20 bits per heavy atom. The van der Waals surface area contributed by atoms with Crippen LogP contribution in [0.2, 0.25) is 0 Å². The molecule has 1 atom stereocenters. The first kappa shape index (κ1) is 15.3. The molecule has 2 rings (SSSR count). The topological polar surface area (TPSA) is 69.6 Å². The van der Waals surface area contributed by atoms with E-state index in [4.69, 9.17) is 5.11 Å². The molecular weight excluding hydrogens is 256 g/mol. The predicted octanol–water partition coefficient (Wildman–Crippen LogP) is 0.914. The van der Waals surface area contributed by atoms with Gasteiger partial charge in [0.05, 0.1) is 0 Å². The van der Waals surface area contributed by atoms with Gasteiger partial charge in [-0.25, -0.2) is 0 Å². The Labute approximate surface area is 120 Å². The van der Waals surface area contributed by atoms with Crippen LogP contribution in [-0.2, 0) is 9.59 Å². The molecule has 114 valence electrons. The predicted molar refractivity (Wildman–Crippen MR) is 76.0 cm³/mol. The van der Waals surface area contributed by atoms with Crippen molar-refractivity contribution in [2.45, 2.75) is 44.9 Å². The average molecular weight is 282 g/mol. The van der Waals surface area contributed by atoms with Crippen molar-refractivity contribution in [1.29, 1.82) is 0 Å². The second kappa shape index (κ2) is 7.62. The van der Waals surface area contributed by atoms with E-state index in [0.717, 1.165) is 51.6 Å². The maximum atomic E-state index is 12.0. The summed E-state index contributed by atoms with van der Waals surface area (Å²) in [5, 5.41) is 11.8. The highest BCUT2D eigenvalue weighted by Gasteiger charge is 2.26. The quantitative estimate of drug-likeness (QED) is 0.761. The second-order valence-corrected chi connectivity index (χ2v) is 6.03. The van der Waals surface area contributed by atoms with Gasteiger partial charge in [-0.05, 0) is 31.6 Å². The van der Waals surface area contributed by atoms with Gasteiger partial charge in [0.1, 0.15) is 0 Å². The number of hydrogen-bond donors (Lipinski definition) is 2. The van der Waals surface area contributed by atoms with Gasteiger partial charge in [-0.15, -0.1) is 0 Å². The molecule has 0 radical (unpaired) electrons. The number of rotatable bonds is 6. The molecule has 2 amide bonds. The maximum Gasteiger partial charge on any atom is 0.224 e. The van der Waals surface area contributed by atoms with Crippen molar-refractivity contribution in [3.05, 3.63) is 0 Å². The van der Waals surface area contributed by atoms with Gasteiger partial charge < -0.3 is 15.3 Å². The SMILES string of the molecule is O=C(NCCC(=O)N1CCC(CCO)C1)C1CCCC1. The standard InChI is InChI=1S/C15H26N2O3/c18-10-7-12-6-9-17(11-12)14(19)5-8-16-15(20)13-3-1-2-4-13/h12-13,18H,1-11H2,(H,16,20). The summed E-state index contributed by atoms with van der Waals surface area (Å²) in [6.07, 6.45) is 6.45. The first-order valence-corrected chi connectivity index (χ1v) is 7.87.